The standard InChI is InChI=1S/C21H36N4O2/c1-5-26-11-12-27-20-13-17(2)8-9-19(20)15-24-21(22-3)23-14-18-7-6-10-25(4)16-18/h8-9,13,18H,5-7,10-12,14-16H2,1-4H3,(H2,22,23,24). The molecular weight excluding hydrogens is 340 g/mol. The van der Waals surface area contributed by atoms with E-state index in [9.17, 15) is 0 Å². The number of guanidine groups is 1. The molecule has 0 aliphatic carbocycles. The van der Waals surface area contributed by atoms with Gasteiger partial charge in [-0.25, -0.2) is 0 Å². The molecule has 0 radical (unpaired) electrons. The lowest BCUT2D eigenvalue weighted by Gasteiger charge is -2.30. The number of piperidine rings is 1. The minimum absolute atomic E-state index is 0.562. The molecule has 1 heterocycles. The predicted molar refractivity (Wildman–Crippen MR) is 112 cm³/mol. The maximum atomic E-state index is 5.92. The topological polar surface area (TPSA) is 58.1 Å². The predicted octanol–water partition coefficient (Wildman–Crippen LogP) is 2.42. The zero-order chi connectivity index (χ0) is 19.5. The van der Waals surface area contributed by atoms with Crippen LogP contribution in [0.4, 0.5) is 0 Å². The summed E-state index contributed by atoms with van der Waals surface area (Å²) in [5.74, 6) is 2.43. The lowest BCUT2D eigenvalue weighted by Crippen LogP contribution is -2.43. The fourth-order valence-corrected chi connectivity index (χ4v) is 3.38. The SMILES string of the molecule is CCOCCOc1cc(C)ccc1CNC(=NC)NCC1CCCN(C)C1. The van der Waals surface area contributed by atoms with Crippen LogP contribution in [0.5, 0.6) is 5.75 Å². The smallest absolute Gasteiger partial charge is 0.191 e. The molecule has 2 N–H and O–H groups in total. The van der Waals surface area contributed by atoms with Gasteiger partial charge in [0, 0.05) is 38.9 Å². The summed E-state index contributed by atoms with van der Waals surface area (Å²) in [7, 11) is 4.01. The number of aryl methyl sites for hydroxylation is 1. The molecule has 1 aliphatic heterocycles. The van der Waals surface area contributed by atoms with Crippen LogP contribution in [0.25, 0.3) is 0 Å². The fourth-order valence-electron chi connectivity index (χ4n) is 3.38. The Bertz CT molecular complexity index is 592. The van der Waals surface area contributed by atoms with Crippen molar-refractivity contribution in [1.29, 1.82) is 0 Å². The van der Waals surface area contributed by atoms with Crippen molar-refractivity contribution in [3.8, 4) is 5.75 Å². The Labute approximate surface area is 164 Å². The van der Waals surface area contributed by atoms with Gasteiger partial charge < -0.3 is 25.0 Å². The second-order valence-electron chi connectivity index (χ2n) is 7.23. The zero-order valence-corrected chi connectivity index (χ0v) is 17.4. The van der Waals surface area contributed by atoms with Crippen LogP contribution in [0, 0.1) is 12.8 Å². The van der Waals surface area contributed by atoms with Gasteiger partial charge in [0.2, 0.25) is 0 Å². The molecule has 27 heavy (non-hydrogen) atoms. The van der Waals surface area contributed by atoms with Gasteiger partial charge in [-0.3, -0.25) is 4.99 Å². The number of ether oxygens (including phenoxy) is 2. The van der Waals surface area contributed by atoms with Crippen LogP contribution < -0.4 is 15.4 Å². The molecule has 6 nitrogen and oxygen atoms in total. The van der Waals surface area contributed by atoms with Gasteiger partial charge in [-0.1, -0.05) is 12.1 Å². The Hall–Kier alpha value is -1.79. The summed E-state index contributed by atoms with van der Waals surface area (Å²) in [6.07, 6.45) is 2.56. The van der Waals surface area contributed by atoms with Gasteiger partial charge in [-0.15, -0.1) is 0 Å². The van der Waals surface area contributed by atoms with Crippen molar-refractivity contribution in [1.82, 2.24) is 15.5 Å². The van der Waals surface area contributed by atoms with Gasteiger partial charge in [0.1, 0.15) is 12.4 Å². The van der Waals surface area contributed by atoms with Crippen LogP contribution in [-0.2, 0) is 11.3 Å². The van der Waals surface area contributed by atoms with E-state index in [1.54, 1.807) is 0 Å². The Balaban J connectivity index is 1.84. The van der Waals surface area contributed by atoms with E-state index in [0.29, 0.717) is 32.3 Å². The molecular formula is C21H36N4O2. The average Bonchev–Trinajstić information content (AvgIpc) is 2.66. The first-order valence-corrected chi connectivity index (χ1v) is 10.1. The van der Waals surface area contributed by atoms with Crippen molar-refractivity contribution >= 4 is 5.96 Å². The monoisotopic (exact) mass is 376 g/mol. The summed E-state index contributed by atoms with van der Waals surface area (Å²) < 4.78 is 11.3. The zero-order valence-electron chi connectivity index (χ0n) is 17.4. The molecule has 0 saturated carbocycles. The first kappa shape index (κ1) is 21.5. The Morgan fingerprint density at radius 2 is 2.15 bits per heavy atom. The second-order valence-corrected chi connectivity index (χ2v) is 7.23. The van der Waals surface area contributed by atoms with Crippen LogP contribution in [0.3, 0.4) is 0 Å². The highest BCUT2D eigenvalue weighted by Gasteiger charge is 2.17. The molecule has 0 aromatic heterocycles. The Morgan fingerprint density at radius 3 is 2.89 bits per heavy atom. The van der Waals surface area contributed by atoms with Crippen LogP contribution in [0.1, 0.15) is 30.9 Å². The molecule has 1 atom stereocenters. The highest BCUT2D eigenvalue weighted by Crippen LogP contribution is 2.20. The third-order valence-corrected chi connectivity index (χ3v) is 4.86. The van der Waals surface area contributed by atoms with Crippen molar-refractivity contribution < 1.29 is 9.47 Å². The van der Waals surface area contributed by atoms with E-state index in [2.05, 4.69) is 52.7 Å². The van der Waals surface area contributed by atoms with Crippen LogP contribution >= 0.6 is 0 Å². The van der Waals surface area contributed by atoms with Crippen molar-refractivity contribution in [2.45, 2.75) is 33.2 Å². The number of likely N-dealkylation sites (tertiary alicyclic amines) is 1. The molecule has 0 amide bonds. The van der Waals surface area contributed by atoms with E-state index < -0.39 is 0 Å². The molecule has 6 heteroatoms. The van der Waals surface area contributed by atoms with Gasteiger partial charge in [-0.2, -0.15) is 0 Å². The lowest BCUT2D eigenvalue weighted by molar-refractivity contribution is 0.110. The van der Waals surface area contributed by atoms with Gasteiger partial charge in [0.05, 0.1) is 6.61 Å². The first-order valence-electron chi connectivity index (χ1n) is 10.1. The number of nitrogens with zero attached hydrogens (tertiary/aromatic N) is 2. The van der Waals surface area contributed by atoms with Crippen molar-refractivity contribution in [2.24, 2.45) is 10.9 Å². The minimum atomic E-state index is 0.562. The van der Waals surface area contributed by atoms with Crippen molar-refractivity contribution in [3.05, 3.63) is 29.3 Å². The first-order chi connectivity index (χ1) is 13.1. The third kappa shape index (κ3) is 7.77. The maximum Gasteiger partial charge on any atom is 0.191 e. The largest absolute Gasteiger partial charge is 0.491 e. The number of benzene rings is 1. The molecule has 1 saturated heterocycles. The molecule has 1 aromatic carbocycles. The fraction of sp³-hybridized carbons (Fsp3) is 0.667. The van der Waals surface area contributed by atoms with E-state index in [1.165, 1.54) is 24.9 Å². The summed E-state index contributed by atoms with van der Waals surface area (Å²) in [5, 5.41) is 6.88. The van der Waals surface area contributed by atoms with Crippen LogP contribution in [0.15, 0.2) is 23.2 Å². The van der Waals surface area contributed by atoms with E-state index in [0.717, 1.165) is 30.4 Å². The highest BCUT2D eigenvalue weighted by molar-refractivity contribution is 5.79. The molecule has 1 aliphatic rings. The van der Waals surface area contributed by atoms with E-state index >= 15 is 0 Å². The third-order valence-electron chi connectivity index (χ3n) is 4.86. The summed E-state index contributed by atoms with van der Waals surface area (Å²) in [5.41, 5.74) is 2.31. The Kier molecular flexibility index (Phi) is 9.42. The quantitative estimate of drug-likeness (QED) is 0.394. The Morgan fingerprint density at radius 1 is 1.30 bits per heavy atom. The van der Waals surface area contributed by atoms with Gasteiger partial charge in [0.25, 0.3) is 0 Å². The van der Waals surface area contributed by atoms with Gasteiger partial charge in [-0.05, 0) is 57.8 Å². The summed E-state index contributed by atoms with van der Waals surface area (Å²) in [4.78, 5) is 6.77. The number of rotatable bonds is 9. The lowest BCUT2D eigenvalue weighted by atomic mass is 9.99. The van der Waals surface area contributed by atoms with Gasteiger partial charge in [0.15, 0.2) is 5.96 Å². The number of hydrogen-bond acceptors (Lipinski definition) is 4. The van der Waals surface area contributed by atoms with Crippen LogP contribution in [0.2, 0.25) is 0 Å². The number of hydrogen-bond donors (Lipinski definition) is 2. The van der Waals surface area contributed by atoms with Crippen molar-refractivity contribution in [2.75, 3.05) is 53.6 Å². The highest BCUT2D eigenvalue weighted by atomic mass is 16.5. The molecule has 1 unspecified atom stereocenters. The summed E-state index contributed by atoms with van der Waals surface area (Å²) in [6, 6.07) is 6.30. The maximum absolute atomic E-state index is 5.92. The average molecular weight is 377 g/mol. The summed E-state index contributed by atoms with van der Waals surface area (Å²) in [6.45, 7) is 9.94. The van der Waals surface area contributed by atoms with Crippen molar-refractivity contribution in [3.63, 3.8) is 0 Å². The molecule has 0 spiro atoms. The minimum Gasteiger partial charge on any atom is -0.491 e. The van der Waals surface area contributed by atoms with Crippen LogP contribution in [-0.4, -0.2) is 64.4 Å². The van der Waals surface area contributed by atoms with E-state index in [4.69, 9.17) is 9.47 Å². The molecule has 1 aromatic rings. The van der Waals surface area contributed by atoms with E-state index in [1.807, 2.05) is 14.0 Å². The number of nitrogens with one attached hydrogen (secondary N) is 2. The van der Waals surface area contributed by atoms with E-state index in [-0.39, 0.29) is 0 Å². The molecule has 1 fully saturated rings. The van der Waals surface area contributed by atoms with Gasteiger partial charge >= 0.3 is 0 Å². The second kappa shape index (κ2) is 11.8. The summed E-state index contributed by atoms with van der Waals surface area (Å²) >= 11 is 0. The normalized spacial score (nSPS) is 18.4. The molecule has 152 valence electrons. The molecule has 0 bridgehead atoms. The number of aliphatic imine (C=N–C) groups is 1. The molecule has 2 rings (SSSR count).